The number of aliphatic hydroxyl groups excluding tert-OH is 1. The first kappa shape index (κ1) is 16.3. The highest BCUT2D eigenvalue weighted by molar-refractivity contribution is 9.10. The lowest BCUT2D eigenvalue weighted by Gasteiger charge is -2.30. The molecule has 6 heteroatoms. The number of nitrogens with zero attached hydrogens (tertiary/aromatic N) is 1. The summed E-state index contributed by atoms with van der Waals surface area (Å²) in [5.74, 6) is 0. The molecule has 1 aromatic rings. The summed E-state index contributed by atoms with van der Waals surface area (Å²) >= 11 is 3.28. The zero-order valence-electron chi connectivity index (χ0n) is 11.0. The number of alkyl halides is 3. The Morgan fingerprint density at radius 1 is 1.26 bits per heavy atom. The van der Waals surface area contributed by atoms with Gasteiger partial charge in [0, 0.05) is 16.2 Å². The summed E-state index contributed by atoms with van der Waals surface area (Å²) < 4.78 is 38.3. The van der Waals surface area contributed by atoms with Gasteiger partial charge in [0.25, 0.3) is 0 Å². The van der Waals surface area contributed by atoms with Crippen LogP contribution in [0.2, 0.25) is 0 Å². The summed E-state index contributed by atoms with van der Waals surface area (Å²) in [5, 5.41) is 9.51. The van der Waals surface area contributed by atoms with E-state index in [-0.39, 0.29) is 6.04 Å². The van der Waals surface area contributed by atoms with Crippen LogP contribution in [0.4, 0.5) is 18.9 Å². The van der Waals surface area contributed by atoms with E-state index in [1.807, 2.05) is 0 Å². The topological polar surface area (TPSA) is 23.5 Å². The molecule has 0 heterocycles. The highest BCUT2D eigenvalue weighted by Crippen LogP contribution is 2.30. The van der Waals surface area contributed by atoms with Crippen molar-refractivity contribution in [1.82, 2.24) is 0 Å². The number of halogens is 4. The fourth-order valence-corrected chi connectivity index (χ4v) is 2.50. The van der Waals surface area contributed by atoms with Crippen molar-refractivity contribution >= 4 is 21.6 Å². The number of hydrogen-bond acceptors (Lipinski definition) is 2. The minimum Gasteiger partial charge on any atom is -0.389 e. The van der Waals surface area contributed by atoms with Gasteiger partial charge in [-0.3, -0.25) is 0 Å². The van der Waals surface area contributed by atoms with Crippen molar-refractivity contribution in [2.75, 3.05) is 11.4 Å². The molecule has 0 saturated carbocycles. The van der Waals surface area contributed by atoms with Gasteiger partial charge in [-0.25, -0.2) is 0 Å². The van der Waals surface area contributed by atoms with Gasteiger partial charge < -0.3 is 10.0 Å². The predicted molar refractivity (Wildman–Crippen MR) is 73.3 cm³/mol. The van der Waals surface area contributed by atoms with Crippen molar-refractivity contribution in [3.05, 3.63) is 28.2 Å². The Hall–Kier alpha value is -0.750. The molecule has 1 N–H and O–H groups in total. The lowest BCUT2D eigenvalue weighted by Crippen LogP contribution is -2.39. The van der Waals surface area contributed by atoms with Crippen LogP contribution in [0.3, 0.4) is 0 Å². The molecule has 0 radical (unpaired) electrons. The molecule has 0 saturated heterocycles. The molecule has 0 aromatic heterocycles. The highest BCUT2D eigenvalue weighted by atomic mass is 79.9. The zero-order valence-corrected chi connectivity index (χ0v) is 12.6. The first-order valence-electron chi connectivity index (χ1n) is 5.92. The van der Waals surface area contributed by atoms with Gasteiger partial charge in [0.15, 0.2) is 0 Å². The molecule has 19 heavy (non-hydrogen) atoms. The van der Waals surface area contributed by atoms with Crippen molar-refractivity contribution in [2.45, 2.75) is 39.1 Å². The average molecular weight is 340 g/mol. The molecule has 1 rings (SSSR count). The summed E-state index contributed by atoms with van der Waals surface area (Å²) in [4.78, 5) is 1.27. The van der Waals surface area contributed by atoms with Crippen LogP contribution in [0.15, 0.2) is 22.7 Å². The SMILES string of the molecule is CC(C)N(CC(F)(F)F)c1ccc([C@H](C)O)c(Br)c1. The van der Waals surface area contributed by atoms with E-state index in [0.29, 0.717) is 15.7 Å². The van der Waals surface area contributed by atoms with Gasteiger partial charge >= 0.3 is 6.18 Å². The van der Waals surface area contributed by atoms with E-state index >= 15 is 0 Å². The smallest absolute Gasteiger partial charge is 0.389 e. The minimum absolute atomic E-state index is 0.272. The van der Waals surface area contributed by atoms with E-state index in [1.54, 1.807) is 39.0 Å². The third kappa shape index (κ3) is 4.69. The molecule has 0 fully saturated rings. The van der Waals surface area contributed by atoms with Crippen LogP contribution in [0.1, 0.15) is 32.4 Å². The molecule has 1 atom stereocenters. The van der Waals surface area contributed by atoms with Crippen molar-refractivity contribution in [3.8, 4) is 0 Å². The Bertz CT molecular complexity index is 432. The quantitative estimate of drug-likeness (QED) is 0.884. The van der Waals surface area contributed by atoms with E-state index < -0.39 is 18.8 Å². The van der Waals surface area contributed by atoms with Gasteiger partial charge in [0.1, 0.15) is 6.54 Å². The zero-order chi connectivity index (χ0) is 14.8. The van der Waals surface area contributed by atoms with Crippen LogP contribution in [0, 0.1) is 0 Å². The second kappa shape index (κ2) is 6.13. The van der Waals surface area contributed by atoms with Crippen LogP contribution >= 0.6 is 15.9 Å². The fourth-order valence-electron chi connectivity index (χ4n) is 1.80. The Labute approximate surface area is 119 Å². The Morgan fingerprint density at radius 2 is 1.84 bits per heavy atom. The second-order valence-corrected chi connectivity index (χ2v) is 5.57. The van der Waals surface area contributed by atoms with Crippen LogP contribution in [-0.2, 0) is 0 Å². The van der Waals surface area contributed by atoms with E-state index in [4.69, 9.17) is 0 Å². The maximum atomic E-state index is 12.6. The molecule has 0 bridgehead atoms. The van der Waals surface area contributed by atoms with Crippen molar-refractivity contribution in [1.29, 1.82) is 0 Å². The number of benzene rings is 1. The molecule has 0 unspecified atom stereocenters. The summed E-state index contributed by atoms with van der Waals surface area (Å²) in [6.45, 7) is 4.03. The molecule has 108 valence electrons. The Morgan fingerprint density at radius 3 is 2.21 bits per heavy atom. The lowest BCUT2D eigenvalue weighted by atomic mass is 10.1. The normalized spacial score (nSPS) is 13.7. The standard InChI is InChI=1S/C13H17BrF3NO/c1-8(2)18(7-13(15,16)17)10-4-5-11(9(3)19)12(14)6-10/h4-6,8-9,19H,7H2,1-3H3/t9-/m0/s1. The highest BCUT2D eigenvalue weighted by Gasteiger charge is 2.32. The Kier molecular flexibility index (Phi) is 5.26. The first-order valence-corrected chi connectivity index (χ1v) is 6.72. The summed E-state index contributed by atoms with van der Waals surface area (Å²) in [6, 6.07) is 4.56. The fraction of sp³-hybridized carbons (Fsp3) is 0.538. The van der Waals surface area contributed by atoms with Crippen LogP contribution < -0.4 is 4.90 Å². The van der Waals surface area contributed by atoms with Crippen molar-refractivity contribution < 1.29 is 18.3 Å². The lowest BCUT2D eigenvalue weighted by molar-refractivity contribution is -0.120. The molecular weight excluding hydrogens is 323 g/mol. The number of aliphatic hydroxyl groups is 1. The van der Waals surface area contributed by atoms with E-state index in [9.17, 15) is 18.3 Å². The van der Waals surface area contributed by atoms with Gasteiger partial charge in [0.2, 0.25) is 0 Å². The Balaban J connectivity index is 3.08. The predicted octanol–water partition coefficient (Wildman–Crippen LogP) is 4.28. The van der Waals surface area contributed by atoms with E-state index in [1.165, 1.54) is 4.90 Å². The third-order valence-electron chi connectivity index (χ3n) is 2.74. The molecular formula is C13H17BrF3NO. The molecule has 0 aliphatic heterocycles. The first-order chi connectivity index (χ1) is 8.61. The second-order valence-electron chi connectivity index (χ2n) is 4.72. The molecule has 1 aromatic carbocycles. The molecule has 0 aliphatic rings. The summed E-state index contributed by atoms with van der Waals surface area (Å²) in [7, 11) is 0. The minimum atomic E-state index is -4.25. The van der Waals surface area contributed by atoms with Crippen molar-refractivity contribution in [3.63, 3.8) is 0 Å². The molecule has 0 amide bonds. The van der Waals surface area contributed by atoms with Gasteiger partial charge in [-0.05, 0) is 38.5 Å². The molecule has 0 spiro atoms. The maximum absolute atomic E-state index is 12.6. The monoisotopic (exact) mass is 339 g/mol. The third-order valence-corrected chi connectivity index (χ3v) is 3.43. The van der Waals surface area contributed by atoms with Gasteiger partial charge in [-0.1, -0.05) is 22.0 Å². The van der Waals surface area contributed by atoms with E-state index in [0.717, 1.165) is 0 Å². The maximum Gasteiger partial charge on any atom is 0.405 e. The summed E-state index contributed by atoms with van der Waals surface area (Å²) in [6.07, 6.45) is -4.92. The average Bonchev–Trinajstić information content (AvgIpc) is 2.23. The summed E-state index contributed by atoms with van der Waals surface area (Å²) in [5.41, 5.74) is 1.13. The molecule has 0 aliphatic carbocycles. The van der Waals surface area contributed by atoms with Gasteiger partial charge in [0.05, 0.1) is 6.10 Å². The van der Waals surface area contributed by atoms with Crippen molar-refractivity contribution in [2.24, 2.45) is 0 Å². The van der Waals surface area contributed by atoms with Crippen LogP contribution in [0.25, 0.3) is 0 Å². The number of anilines is 1. The molecule has 2 nitrogen and oxygen atoms in total. The van der Waals surface area contributed by atoms with E-state index in [2.05, 4.69) is 15.9 Å². The number of hydrogen-bond donors (Lipinski definition) is 1. The number of rotatable bonds is 4. The van der Waals surface area contributed by atoms with Gasteiger partial charge in [-0.2, -0.15) is 13.2 Å². The van der Waals surface area contributed by atoms with Crippen LogP contribution in [0.5, 0.6) is 0 Å². The van der Waals surface area contributed by atoms with Crippen LogP contribution in [-0.4, -0.2) is 23.9 Å². The largest absolute Gasteiger partial charge is 0.405 e. The van der Waals surface area contributed by atoms with Gasteiger partial charge in [-0.15, -0.1) is 0 Å².